The molecular weight excluding hydrogens is 771 g/mol. The van der Waals surface area contributed by atoms with E-state index in [2.05, 4.69) is 107 Å². The van der Waals surface area contributed by atoms with Crippen molar-refractivity contribution in [3.63, 3.8) is 0 Å². The van der Waals surface area contributed by atoms with Crippen molar-refractivity contribution in [1.29, 1.82) is 0 Å². The molecule has 3 aromatic carbocycles. The first-order valence-corrected chi connectivity index (χ1v) is 21.2. The van der Waals surface area contributed by atoms with Crippen LogP contribution >= 0.6 is 0 Å². The van der Waals surface area contributed by atoms with Gasteiger partial charge in [-0.25, -0.2) is 14.8 Å². The van der Waals surface area contributed by atoms with Gasteiger partial charge in [-0.05, 0) is 117 Å². The molecule has 1 saturated carbocycles. The Morgan fingerprint density at radius 3 is 2.43 bits per heavy atom. The Morgan fingerprint density at radius 2 is 1.69 bits per heavy atom. The highest BCUT2D eigenvalue weighted by Gasteiger charge is 2.45. The van der Waals surface area contributed by atoms with Crippen molar-refractivity contribution < 1.29 is 18.9 Å². The second kappa shape index (κ2) is 16.8. The van der Waals surface area contributed by atoms with E-state index in [1.807, 2.05) is 38.1 Å². The lowest BCUT2D eigenvalue weighted by molar-refractivity contribution is -0.120. The molecule has 1 atom stereocenters. The molecule has 0 unspecified atom stereocenters. The molecule has 3 aromatic heterocycles. The first-order chi connectivity index (χ1) is 29.6. The van der Waals surface area contributed by atoms with Gasteiger partial charge in [0.25, 0.3) is 11.7 Å². The number of hydrogen-bond acceptors (Lipinski definition) is 11. The summed E-state index contributed by atoms with van der Waals surface area (Å²) < 4.78 is 5.37. The SMILES string of the molecule is Cc1cc(-c2ncnc3[nH]c(-c4ccc(NCCNCC5CCN(c6ccc(N7CCC(=O)NC7=O)cc6)CC5)cc4)cc23)ccc1[C@@H](C)NC(=O)c1noc(C2(C)CC2)n1. The molecule has 1 aliphatic carbocycles. The zero-order chi connectivity index (χ0) is 42.1. The van der Waals surface area contributed by atoms with Crippen LogP contribution in [0.15, 0.2) is 83.6 Å². The summed E-state index contributed by atoms with van der Waals surface area (Å²) in [6, 6.07) is 24.1. The first-order valence-electron chi connectivity index (χ1n) is 21.2. The van der Waals surface area contributed by atoms with Crippen molar-refractivity contribution in [3.8, 4) is 22.5 Å². The van der Waals surface area contributed by atoms with Gasteiger partial charge < -0.3 is 30.4 Å². The number of aryl methyl sites for hydroxylation is 1. The number of carbonyl (C=O) groups excluding carboxylic acids is 3. The fourth-order valence-electron chi connectivity index (χ4n) is 8.35. The third-order valence-electron chi connectivity index (χ3n) is 12.4. The molecule has 15 heteroatoms. The smallest absolute Gasteiger partial charge is 0.328 e. The number of carbonyl (C=O) groups is 3. The fourth-order valence-corrected chi connectivity index (χ4v) is 8.35. The molecule has 314 valence electrons. The van der Waals surface area contributed by atoms with Gasteiger partial charge in [0.05, 0.1) is 11.7 Å². The van der Waals surface area contributed by atoms with E-state index in [1.165, 1.54) is 0 Å². The quantitative estimate of drug-likeness (QED) is 0.0721. The van der Waals surface area contributed by atoms with E-state index in [1.54, 1.807) is 11.2 Å². The van der Waals surface area contributed by atoms with Gasteiger partial charge in [-0.1, -0.05) is 36.3 Å². The van der Waals surface area contributed by atoms with Crippen LogP contribution in [0.5, 0.6) is 0 Å². The summed E-state index contributed by atoms with van der Waals surface area (Å²) in [7, 11) is 0. The summed E-state index contributed by atoms with van der Waals surface area (Å²) in [4.78, 5) is 57.7. The highest BCUT2D eigenvalue weighted by atomic mass is 16.5. The standard InChI is InChI=1S/C46H51N11O4/c1-28-24-32(6-13-36(28)29(2)51-43(59)42-54-44(61-55-42)46(3)17-18-46)40-37-25-38(52-41(37)50-27-49-40)31-4-7-33(8-5-31)48-20-19-47-26-30-14-21-56(22-15-30)34-9-11-35(12-10-34)57-23-16-39(58)53-45(57)60/h4-13,24-25,27,29-30,47-48H,14-23,26H2,1-3H3,(H,51,59)(H,49,50,52)(H,53,58,60)/t29-/m1/s1. The number of imide groups is 1. The van der Waals surface area contributed by atoms with Crippen LogP contribution in [0.25, 0.3) is 33.5 Å². The van der Waals surface area contributed by atoms with E-state index < -0.39 is 0 Å². The molecule has 3 aliphatic rings. The van der Waals surface area contributed by atoms with Crippen LogP contribution in [0, 0.1) is 12.8 Å². The largest absolute Gasteiger partial charge is 0.384 e. The molecule has 2 saturated heterocycles. The van der Waals surface area contributed by atoms with Crippen LogP contribution in [0.2, 0.25) is 0 Å². The van der Waals surface area contributed by atoms with Gasteiger partial charge in [-0.3, -0.25) is 19.8 Å². The lowest BCUT2D eigenvalue weighted by Gasteiger charge is -2.34. The van der Waals surface area contributed by atoms with E-state index in [9.17, 15) is 14.4 Å². The summed E-state index contributed by atoms with van der Waals surface area (Å²) in [6.07, 6.45) is 6.13. The maximum Gasteiger partial charge on any atom is 0.328 e. The zero-order valence-electron chi connectivity index (χ0n) is 34.8. The number of aromatic amines is 1. The summed E-state index contributed by atoms with van der Waals surface area (Å²) >= 11 is 0. The monoisotopic (exact) mass is 821 g/mol. The molecule has 0 bridgehead atoms. The van der Waals surface area contributed by atoms with Crippen molar-refractivity contribution in [2.45, 2.75) is 64.3 Å². The Hall–Kier alpha value is -6.61. The number of piperidine rings is 1. The normalized spacial score (nSPS) is 17.0. The zero-order valence-corrected chi connectivity index (χ0v) is 34.8. The predicted octanol–water partition coefficient (Wildman–Crippen LogP) is 6.89. The van der Waals surface area contributed by atoms with Gasteiger partial charge in [-0.2, -0.15) is 4.98 Å². The molecule has 5 heterocycles. The topological polar surface area (TPSA) is 186 Å². The van der Waals surface area contributed by atoms with Crippen molar-refractivity contribution in [3.05, 3.63) is 102 Å². The molecule has 5 N–H and O–H groups in total. The molecular formula is C46H51N11O4. The van der Waals surface area contributed by atoms with Crippen LogP contribution in [-0.4, -0.2) is 82.2 Å². The molecule has 2 aliphatic heterocycles. The van der Waals surface area contributed by atoms with Crippen LogP contribution < -0.4 is 31.1 Å². The van der Waals surface area contributed by atoms with Gasteiger partial charge in [0, 0.05) is 78.3 Å². The summed E-state index contributed by atoms with van der Waals surface area (Å²) in [5, 5.41) is 17.4. The Bertz CT molecular complexity index is 2550. The number of rotatable bonds is 14. The number of amides is 4. The summed E-state index contributed by atoms with van der Waals surface area (Å²) in [6.45, 7) is 11.1. The number of aromatic nitrogens is 5. The van der Waals surface area contributed by atoms with Gasteiger partial charge in [0.15, 0.2) is 0 Å². The maximum absolute atomic E-state index is 12.9. The third-order valence-corrected chi connectivity index (χ3v) is 12.4. The Morgan fingerprint density at radius 1 is 0.934 bits per heavy atom. The number of nitrogens with zero attached hydrogens (tertiary/aromatic N) is 6. The van der Waals surface area contributed by atoms with Gasteiger partial charge >= 0.3 is 6.03 Å². The average Bonchev–Trinajstić information content (AvgIpc) is 3.61. The number of hydrogen-bond donors (Lipinski definition) is 5. The molecule has 9 rings (SSSR count). The minimum Gasteiger partial charge on any atom is -0.384 e. The second-order valence-corrected chi connectivity index (χ2v) is 16.8. The second-order valence-electron chi connectivity index (χ2n) is 16.8. The molecule has 4 amide bonds. The van der Waals surface area contributed by atoms with Crippen LogP contribution in [0.4, 0.5) is 21.9 Å². The average molecular weight is 822 g/mol. The lowest BCUT2D eigenvalue weighted by Crippen LogP contribution is -2.49. The molecule has 3 fully saturated rings. The molecule has 0 radical (unpaired) electrons. The first kappa shape index (κ1) is 39.8. The van der Waals surface area contributed by atoms with E-state index in [0.717, 1.165) is 120 Å². The maximum atomic E-state index is 12.9. The third kappa shape index (κ3) is 8.69. The van der Waals surface area contributed by atoms with E-state index in [0.29, 0.717) is 24.8 Å². The van der Waals surface area contributed by atoms with Crippen molar-refractivity contribution in [2.75, 3.05) is 54.4 Å². The molecule has 0 spiro atoms. The minimum absolute atomic E-state index is 0.0600. The van der Waals surface area contributed by atoms with Gasteiger partial charge in [0.1, 0.15) is 12.0 Å². The van der Waals surface area contributed by atoms with Crippen molar-refractivity contribution in [1.82, 2.24) is 41.0 Å². The molecule has 6 aromatic rings. The van der Waals surface area contributed by atoms with E-state index in [4.69, 9.17) is 4.52 Å². The Kier molecular flexibility index (Phi) is 11.0. The van der Waals surface area contributed by atoms with Crippen LogP contribution in [0.3, 0.4) is 0 Å². The Balaban J connectivity index is 0.734. The van der Waals surface area contributed by atoms with E-state index >= 15 is 0 Å². The molecule has 61 heavy (non-hydrogen) atoms. The number of fused-ring (bicyclic) bond motifs is 1. The minimum atomic E-state index is -0.358. The van der Waals surface area contributed by atoms with Gasteiger partial charge in [0.2, 0.25) is 11.8 Å². The highest BCUT2D eigenvalue weighted by Crippen LogP contribution is 2.46. The lowest BCUT2D eigenvalue weighted by atomic mass is 9.96. The number of urea groups is 1. The number of nitrogens with one attached hydrogen (secondary N) is 5. The Labute approximate surface area is 354 Å². The van der Waals surface area contributed by atoms with Gasteiger partial charge in [-0.15, -0.1) is 0 Å². The fraction of sp³-hybridized carbons (Fsp3) is 0.370. The number of benzene rings is 3. The van der Waals surface area contributed by atoms with Crippen LogP contribution in [0.1, 0.15) is 79.6 Å². The van der Waals surface area contributed by atoms with E-state index in [-0.39, 0.29) is 35.1 Å². The highest BCUT2D eigenvalue weighted by molar-refractivity contribution is 6.05. The van der Waals surface area contributed by atoms with Crippen molar-refractivity contribution in [2.24, 2.45) is 5.92 Å². The summed E-state index contributed by atoms with van der Waals surface area (Å²) in [5.74, 6) is 0.637. The molecule has 15 nitrogen and oxygen atoms in total. The number of H-pyrrole nitrogens is 1. The van der Waals surface area contributed by atoms with Crippen molar-refractivity contribution >= 4 is 45.9 Å². The number of anilines is 3. The predicted molar refractivity (Wildman–Crippen MR) is 235 cm³/mol. The van der Waals surface area contributed by atoms with Crippen LogP contribution in [-0.2, 0) is 10.2 Å². The summed E-state index contributed by atoms with van der Waals surface area (Å²) in [5.41, 5.74) is 9.53.